The number of hydrogen-bond acceptors (Lipinski definition) is 6. The topological polar surface area (TPSA) is 69.9 Å². The van der Waals surface area contributed by atoms with Crippen LogP contribution in [0.1, 0.15) is 38.5 Å². The van der Waals surface area contributed by atoms with E-state index < -0.39 is 0 Å². The molecule has 4 aliphatic carbocycles. The Kier molecular flexibility index (Phi) is 5.20. The Balaban J connectivity index is 1.33. The monoisotopic (exact) mass is 412 g/mol. The lowest BCUT2D eigenvalue weighted by Gasteiger charge is -2.56. The minimum atomic E-state index is -0.0486. The highest BCUT2D eigenvalue weighted by Crippen LogP contribution is 2.60. The Morgan fingerprint density at radius 2 is 1.79 bits per heavy atom. The summed E-state index contributed by atoms with van der Waals surface area (Å²) in [7, 11) is 1.69. The van der Waals surface area contributed by atoms with Crippen LogP contribution in [0.5, 0.6) is 0 Å². The maximum atomic E-state index is 13.4. The van der Waals surface area contributed by atoms with Crippen molar-refractivity contribution in [3.8, 4) is 11.4 Å². The zero-order valence-electron chi connectivity index (χ0n) is 16.9. The predicted octanol–water partition coefficient (Wildman–Crippen LogP) is 3.86. The number of ketones is 1. The van der Waals surface area contributed by atoms with E-state index in [-0.39, 0.29) is 5.41 Å². The van der Waals surface area contributed by atoms with Crippen molar-refractivity contribution in [1.82, 2.24) is 19.7 Å². The molecule has 4 fully saturated rings. The zero-order chi connectivity index (χ0) is 19.8. The van der Waals surface area contributed by atoms with Crippen LogP contribution < -0.4 is 0 Å². The lowest BCUT2D eigenvalue weighted by molar-refractivity contribution is -0.141. The molecule has 29 heavy (non-hydrogen) atoms. The van der Waals surface area contributed by atoms with E-state index in [0.29, 0.717) is 24.7 Å². The second-order valence-corrected chi connectivity index (χ2v) is 10.0. The van der Waals surface area contributed by atoms with Crippen LogP contribution in [-0.4, -0.2) is 45.0 Å². The van der Waals surface area contributed by atoms with Crippen molar-refractivity contribution >= 4 is 17.5 Å². The van der Waals surface area contributed by atoms with Gasteiger partial charge in [-0.15, -0.1) is 10.2 Å². The summed E-state index contributed by atoms with van der Waals surface area (Å²) in [6.07, 6.45) is 11.0. The van der Waals surface area contributed by atoms with Gasteiger partial charge in [0.25, 0.3) is 0 Å². The molecule has 0 N–H and O–H groups in total. The fourth-order valence-electron chi connectivity index (χ4n) is 6.23. The Morgan fingerprint density at radius 1 is 1.14 bits per heavy atom. The Bertz CT molecular complexity index is 847. The zero-order valence-corrected chi connectivity index (χ0v) is 17.7. The number of aromatic nitrogens is 4. The maximum Gasteiger partial charge on any atom is 0.192 e. The van der Waals surface area contributed by atoms with Gasteiger partial charge >= 0.3 is 0 Å². The molecular formula is C22H28N4O2S. The van der Waals surface area contributed by atoms with E-state index in [1.807, 2.05) is 12.1 Å². The summed E-state index contributed by atoms with van der Waals surface area (Å²) in [6.45, 7) is 1.24. The molecule has 4 saturated carbocycles. The highest BCUT2D eigenvalue weighted by atomic mass is 32.2. The number of methoxy groups -OCH3 is 1. The van der Waals surface area contributed by atoms with Crippen molar-refractivity contribution in [2.45, 2.75) is 50.2 Å². The molecule has 0 unspecified atom stereocenters. The van der Waals surface area contributed by atoms with E-state index in [0.717, 1.165) is 53.6 Å². The standard InChI is InChI=1S/C22H28N4O2S/c1-28-7-6-26-20(18-2-4-23-5-3-18)24-25-21(26)29-14-19(27)22-11-15-8-16(12-22)10-17(9-15)13-22/h2-5,15-17H,6-14H2,1H3. The first kappa shape index (κ1) is 19.2. The summed E-state index contributed by atoms with van der Waals surface area (Å²) in [5, 5.41) is 9.62. The smallest absolute Gasteiger partial charge is 0.192 e. The van der Waals surface area contributed by atoms with E-state index >= 15 is 0 Å². The second-order valence-electron chi connectivity index (χ2n) is 9.10. The molecule has 0 spiro atoms. The minimum absolute atomic E-state index is 0.0486. The van der Waals surface area contributed by atoms with Gasteiger partial charge in [0, 0.05) is 30.5 Å². The van der Waals surface area contributed by atoms with Gasteiger partial charge in [0.2, 0.25) is 0 Å². The summed E-state index contributed by atoms with van der Waals surface area (Å²) >= 11 is 1.54. The van der Waals surface area contributed by atoms with Crippen LogP contribution in [0, 0.1) is 23.2 Å². The van der Waals surface area contributed by atoms with Crippen LogP contribution >= 0.6 is 11.8 Å². The Morgan fingerprint density at radius 3 is 2.41 bits per heavy atom. The highest BCUT2D eigenvalue weighted by Gasteiger charge is 2.54. The van der Waals surface area contributed by atoms with Gasteiger partial charge in [0.15, 0.2) is 11.0 Å². The fraction of sp³-hybridized carbons (Fsp3) is 0.636. The average Bonchev–Trinajstić information content (AvgIpc) is 3.12. The molecule has 7 heteroatoms. The number of carbonyl (C=O) groups excluding carboxylic acids is 1. The molecule has 2 aromatic heterocycles. The molecule has 2 heterocycles. The van der Waals surface area contributed by atoms with Crippen LogP contribution in [0.3, 0.4) is 0 Å². The number of ether oxygens (including phenoxy) is 1. The van der Waals surface area contributed by atoms with Gasteiger partial charge < -0.3 is 4.74 Å². The second kappa shape index (κ2) is 7.84. The third kappa shape index (κ3) is 3.63. The van der Waals surface area contributed by atoms with Crippen LogP contribution in [-0.2, 0) is 16.1 Å². The van der Waals surface area contributed by atoms with Crippen molar-refractivity contribution in [3.05, 3.63) is 24.5 Å². The minimum Gasteiger partial charge on any atom is -0.383 e. The molecule has 0 aliphatic heterocycles. The predicted molar refractivity (Wildman–Crippen MR) is 111 cm³/mol. The van der Waals surface area contributed by atoms with Crippen LogP contribution in [0.25, 0.3) is 11.4 Å². The molecule has 0 atom stereocenters. The van der Waals surface area contributed by atoms with Crippen molar-refractivity contribution in [1.29, 1.82) is 0 Å². The third-order valence-corrected chi connectivity index (χ3v) is 8.10. The van der Waals surface area contributed by atoms with Crippen molar-refractivity contribution in [2.24, 2.45) is 23.2 Å². The fourth-order valence-corrected chi connectivity index (χ4v) is 7.23. The van der Waals surface area contributed by atoms with E-state index in [4.69, 9.17) is 4.74 Å². The van der Waals surface area contributed by atoms with Gasteiger partial charge in [-0.05, 0) is 68.4 Å². The molecule has 6 nitrogen and oxygen atoms in total. The van der Waals surface area contributed by atoms with Crippen LogP contribution in [0.15, 0.2) is 29.7 Å². The lowest BCUT2D eigenvalue weighted by atomic mass is 9.48. The van der Waals surface area contributed by atoms with E-state index in [1.165, 1.54) is 31.0 Å². The molecule has 0 amide bonds. The average molecular weight is 413 g/mol. The molecule has 0 aromatic carbocycles. The van der Waals surface area contributed by atoms with E-state index in [2.05, 4.69) is 19.7 Å². The molecule has 6 rings (SSSR count). The highest BCUT2D eigenvalue weighted by molar-refractivity contribution is 7.99. The SMILES string of the molecule is COCCn1c(SCC(=O)C23CC4CC(CC(C4)C2)C3)nnc1-c1ccncc1. The first-order valence-corrected chi connectivity index (χ1v) is 11.6. The van der Waals surface area contributed by atoms with Crippen molar-refractivity contribution in [3.63, 3.8) is 0 Å². The summed E-state index contributed by atoms with van der Waals surface area (Å²) in [6, 6.07) is 3.87. The Hall–Kier alpha value is -1.73. The maximum absolute atomic E-state index is 13.4. The van der Waals surface area contributed by atoms with Gasteiger partial charge in [-0.1, -0.05) is 11.8 Å². The molecule has 4 bridgehead atoms. The molecule has 2 aromatic rings. The number of hydrogen-bond donors (Lipinski definition) is 0. The van der Waals surface area contributed by atoms with Crippen LogP contribution in [0.4, 0.5) is 0 Å². The number of carbonyl (C=O) groups is 1. The van der Waals surface area contributed by atoms with Gasteiger partial charge in [-0.25, -0.2) is 0 Å². The van der Waals surface area contributed by atoms with Crippen LogP contribution in [0.2, 0.25) is 0 Å². The molecule has 0 radical (unpaired) electrons. The molecule has 154 valence electrons. The number of pyridine rings is 1. The third-order valence-electron chi connectivity index (χ3n) is 7.14. The van der Waals surface area contributed by atoms with E-state index in [9.17, 15) is 4.79 Å². The van der Waals surface area contributed by atoms with E-state index in [1.54, 1.807) is 19.5 Å². The molecule has 4 aliphatic rings. The number of thioether (sulfide) groups is 1. The summed E-state index contributed by atoms with van der Waals surface area (Å²) < 4.78 is 7.35. The van der Waals surface area contributed by atoms with Gasteiger partial charge in [-0.3, -0.25) is 14.3 Å². The first-order valence-electron chi connectivity index (χ1n) is 10.7. The summed E-state index contributed by atoms with van der Waals surface area (Å²) in [5.41, 5.74) is 0.926. The van der Waals surface area contributed by atoms with Gasteiger partial charge in [0.05, 0.1) is 18.9 Å². The van der Waals surface area contributed by atoms with Crippen molar-refractivity contribution < 1.29 is 9.53 Å². The Labute approximate surface area is 175 Å². The van der Waals surface area contributed by atoms with Gasteiger partial charge in [0.1, 0.15) is 5.78 Å². The summed E-state index contributed by atoms with van der Waals surface area (Å²) in [4.78, 5) is 17.4. The van der Waals surface area contributed by atoms with Gasteiger partial charge in [-0.2, -0.15) is 0 Å². The first-order chi connectivity index (χ1) is 14.2. The molecular weight excluding hydrogens is 384 g/mol. The number of nitrogens with zero attached hydrogens (tertiary/aromatic N) is 4. The molecule has 0 saturated heterocycles. The largest absolute Gasteiger partial charge is 0.383 e. The summed E-state index contributed by atoms with van der Waals surface area (Å²) in [5.74, 6) is 4.10. The number of rotatable bonds is 8. The van der Waals surface area contributed by atoms with Crippen molar-refractivity contribution in [2.75, 3.05) is 19.5 Å². The lowest BCUT2D eigenvalue weighted by Crippen LogP contribution is -2.50. The quantitative estimate of drug-likeness (QED) is 0.613. The number of Topliss-reactive ketones (excluding diaryl/α,β-unsaturated/α-hetero) is 1. The normalized spacial score (nSPS) is 30.0.